The SMILES string of the molecule is CN/N=N\C(=N)NC(=O)c1ccc(CN(C(=O)Nc2ccc(N)c(C(F)(F)F)c2)C2CCC(C(C)(C)C)CC2)cc1. The number of urea groups is 1. The van der Waals surface area contributed by atoms with Crippen molar-refractivity contribution < 1.29 is 22.8 Å². The Labute approximate surface area is 237 Å². The monoisotopic (exact) mass is 574 g/mol. The molecule has 1 aliphatic rings. The second-order valence-electron chi connectivity index (χ2n) is 11.2. The van der Waals surface area contributed by atoms with Gasteiger partial charge in [0.05, 0.1) is 5.56 Å². The number of carbonyl (C=O) groups excluding carboxylic acids is 2. The van der Waals surface area contributed by atoms with Crippen molar-refractivity contribution in [3.63, 3.8) is 0 Å². The van der Waals surface area contributed by atoms with Gasteiger partial charge in [-0.2, -0.15) is 13.2 Å². The van der Waals surface area contributed by atoms with E-state index in [0.717, 1.165) is 43.4 Å². The lowest BCUT2D eigenvalue weighted by Crippen LogP contribution is -2.45. The Hall–Kier alpha value is -4.16. The molecular weight excluding hydrogens is 537 g/mol. The maximum atomic E-state index is 13.5. The third-order valence-corrected chi connectivity index (χ3v) is 7.28. The summed E-state index contributed by atoms with van der Waals surface area (Å²) < 4.78 is 40.2. The number of amides is 3. The Kier molecular flexibility index (Phi) is 9.95. The first-order valence-electron chi connectivity index (χ1n) is 13.3. The van der Waals surface area contributed by atoms with E-state index in [9.17, 15) is 22.8 Å². The van der Waals surface area contributed by atoms with Gasteiger partial charge in [-0.15, -0.1) is 0 Å². The third-order valence-electron chi connectivity index (χ3n) is 7.28. The molecule has 0 atom stereocenters. The second-order valence-corrected chi connectivity index (χ2v) is 11.2. The Morgan fingerprint density at radius 2 is 1.68 bits per heavy atom. The molecule has 41 heavy (non-hydrogen) atoms. The highest BCUT2D eigenvalue weighted by Gasteiger charge is 2.35. The molecule has 0 unspecified atom stereocenters. The van der Waals surface area contributed by atoms with Gasteiger partial charge in [-0.3, -0.25) is 20.9 Å². The Morgan fingerprint density at radius 3 is 2.24 bits per heavy atom. The van der Waals surface area contributed by atoms with Crippen molar-refractivity contribution in [1.82, 2.24) is 15.6 Å². The fourth-order valence-corrected chi connectivity index (χ4v) is 4.96. The summed E-state index contributed by atoms with van der Waals surface area (Å²) in [4.78, 5) is 27.6. The van der Waals surface area contributed by atoms with E-state index in [1.807, 2.05) is 0 Å². The van der Waals surface area contributed by atoms with Gasteiger partial charge in [0.15, 0.2) is 0 Å². The van der Waals surface area contributed by atoms with E-state index < -0.39 is 35.3 Å². The number of nitrogen functional groups attached to an aromatic ring is 1. The molecule has 1 fully saturated rings. The Morgan fingerprint density at radius 1 is 1.05 bits per heavy atom. The van der Waals surface area contributed by atoms with E-state index in [-0.39, 0.29) is 29.3 Å². The zero-order valence-corrected chi connectivity index (χ0v) is 23.6. The van der Waals surface area contributed by atoms with Crippen molar-refractivity contribution in [2.45, 2.75) is 65.2 Å². The molecule has 0 saturated heterocycles. The molecule has 0 bridgehead atoms. The molecule has 10 nitrogen and oxygen atoms in total. The summed E-state index contributed by atoms with van der Waals surface area (Å²) in [6.07, 6.45) is -1.29. The summed E-state index contributed by atoms with van der Waals surface area (Å²) in [5.41, 5.74) is 7.61. The number of guanidine groups is 1. The summed E-state index contributed by atoms with van der Waals surface area (Å²) in [5.74, 6) is -0.478. The highest BCUT2D eigenvalue weighted by molar-refractivity contribution is 6.04. The van der Waals surface area contributed by atoms with Crippen molar-refractivity contribution in [2.24, 2.45) is 21.7 Å². The molecule has 2 aromatic rings. The highest BCUT2D eigenvalue weighted by Crippen LogP contribution is 2.40. The zero-order valence-electron chi connectivity index (χ0n) is 23.6. The van der Waals surface area contributed by atoms with Gasteiger partial charge in [0.2, 0.25) is 5.96 Å². The van der Waals surface area contributed by atoms with Crippen molar-refractivity contribution in [3.05, 3.63) is 59.2 Å². The van der Waals surface area contributed by atoms with Crippen LogP contribution in [0.1, 0.15) is 67.9 Å². The maximum absolute atomic E-state index is 13.5. The number of nitrogens with zero attached hydrogens (tertiary/aromatic N) is 3. The van der Waals surface area contributed by atoms with Crippen LogP contribution in [0.15, 0.2) is 52.8 Å². The number of rotatable bonds is 6. The molecular formula is C28H37F3N8O2. The van der Waals surface area contributed by atoms with Crippen LogP contribution in [0.25, 0.3) is 0 Å². The lowest BCUT2D eigenvalue weighted by atomic mass is 9.71. The van der Waals surface area contributed by atoms with E-state index in [2.05, 4.69) is 47.2 Å². The molecule has 222 valence electrons. The third kappa shape index (κ3) is 8.66. The second kappa shape index (κ2) is 13.0. The van der Waals surface area contributed by atoms with Crippen LogP contribution in [0.4, 0.5) is 29.3 Å². The molecule has 3 rings (SSSR count). The first-order chi connectivity index (χ1) is 19.2. The fraction of sp³-hybridized carbons (Fsp3) is 0.464. The normalized spacial score (nSPS) is 17.6. The summed E-state index contributed by atoms with van der Waals surface area (Å²) in [6.45, 7) is 6.78. The van der Waals surface area contributed by atoms with E-state index in [1.165, 1.54) is 13.1 Å². The van der Waals surface area contributed by atoms with Gasteiger partial charge in [-0.25, -0.2) is 4.79 Å². The van der Waals surface area contributed by atoms with Crippen molar-refractivity contribution in [1.29, 1.82) is 5.41 Å². The predicted octanol–water partition coefficient (Wildman–Crippen LogP) is 6.18. The lowest BCUT2D eigenvalue weighted by molar-refractivity contribution is -0.136. The largest absolute Gasteiger partial charge is 0.418 e. The molecule has 6 N–H and O–H groups in total. The number of carbonyl (C=O) groups is 2. The van der Waals surface area contributed by atoms with Crippen molar-refractivity contribution >= 4 is 29.3 Å². The average molecular weight is 575 g/mol. The molecule has 0 heterocycles. The van der Waals surface area contributed by atoms with Crippen LogP contribution in [0.3, 0.4) is 0 Å². The summed E-state index contributed by atoms with van der Waals surface area (Å²) >= 11 is 0. The van der Waals surface area contributed by atoms with Crippen LogP contribution in [0, 0.1) is 16.7 Å². The molecule has 0 aliphatic heterocycles. The molecule has 0 spiro atoms. The average Bonchev–Trinajstić information content (AvgIpc) is 2.90. The van der Waals surface area contributed by atoms with E-state index >= 15 is 0 Å². The smallest absolute Gasteiger partial charge is 0.398 e. The Balaban J connectivity index is 1.80. The lowest BCUT2D eigenvalue weighted by Gasteiger charge is -2.41. The van der Waals surface area contributed by atoms with E-state index in [1.54, 1.807) is 29.2 Å². The minimum absolute atomic E-state index is 0.00482. The highest BCUT2D eigenvalue weighted by atomic mass is 19.4. The van der Waals surface area contributed by atoms with Crippen LogP contribution >= 0.6 is 0 Å². The zero-order chi connectivity index (χ0) is 30.4. The summed E-state index contributed by atoms with van der Waals surface area (Å²) in [5, 5.41) is 19.4. The first-order valence-corrected chi connectivity index (χ1v) is 13.3. The molecule has 1 aliphatic carbocycles. The Bertz CT molecular complexity index is 1260. The quantitative estimate of drug-likeness (QED) is 0.0921. The molecule has 1 saturated carbocycles. The topological polar surface area (TPSA) is 148 Å². The number of nitrogens with one attached hydrogen (secondary N) is 4. The first kappa shape index (κ1) is 31.4. The minimum Gasteiger partial charge on any atom is -0.398 e. The predicted molar refractivity (Wildman–Crippen MR) is 151 cm³/mol. The van der Waals surface area contributed by atoms with Gasteiger partial charge >= 0.3 is 12.2 Å². The van der Waals surface area contributed by atoms with Crippen LogP contribution in [0.2, 0.25) is 0 Å². The van der Waals surface area contributed by atoms with E-state index in [0.29, 0.717) is 5.92 Å². The van der Waals surface area contributed by atoms with Crippen LogP contribution in [0.5, 0.6) is 0 Å². The maximum Gasteiger partial charge on any atom is 0.418 e. The number of halogens is 3. The van der Waals surface area contributed by atoms with Crippen LogP contribution < -0.4 is 21.8 Å². The molecule has 0 radical (unpaired) electrons. The minimum atomic E-state index is -4.65. The summed E-state index contributed by atoms with van der Waals surface area (Å²) in [7, 11) is 1.51. The number of benzene rings is 2. The number of alkyl halides is 3. The molecule has 0 aromatic heterocycles. The van der Waals surface area contributed by atoms with Gasteiger partial charge in [-0.05, 0) is 72.9 Å². The molecule has 2 aromatic carbocycles. The number of nitrogens with two attached hydrogens (primary N) is 1. The van der Waals surface area contributed by atoms with Gasteiger partial charge in [0.25, 0.3) is 5.91 Å². The van der Waals surface area contributed by atoms with Crippen LogP contribution in [-0.2, 0) is 12.7 Å². The van der Waals surface area contributed by atoms with Gasteiger partial charge < -0.3 is 16.0 Å². The number of hydrogen-bond donors (Lipinski definition) is 5. The number of hydrogen-bond acceptors (Lipinski definition) is 5. The number of anilines is 2. The molecule has 3 amide bonds. The van der Waals surface area contributed by atoms with Crippen molar-refractivity contribution in [3.8, 4) is 0 Å². The standard InChI is InChI=1S/C28H37F3N8O2/c1-27(2,3)19-9-12-21(13-10-19)39(26(41)35-20-11-14-23(32)22(15-20)28(29,30)31)16-17-5-7-18(8-6-17)24(40)36-25(33)37-38-34-4/h5-8,11,14-15,19,21H,9-10,12-13,16,32H2,1-4H3,(H,35,41)(H3,33,34,36,37,40). The van der Waals surface area contributed by atoms with Gasteiger partial charge in [0, 0.05) is 36.6 Å². The molecule has 13 heteroatoms. The fourth-order valence-electron chi connectivity index (χ4n) is 4.96. The van der Waals surface area contributed by atoms with Crippen molar-refractivity contribution in [2.75, 3.05) is 18.1 Å². The van der Waals surface area contributed by atoms with Gasteiger partial charge in [0.1, 0.15) is 0 Å². The van der Waals surface area contributed by atoms with Gasteiger partial charge in [-0.1, -0.05) is 43.2 Å². The van der Waals surface area contributed by atoms with Crippen LogP contribution in [-0.4, -0.2) is 35.9 Å². The summed E-state index contributed by atoms with van der Waals surface area (Å²) in [6, 6.07) is 9.18. The van der Waals surface area contributed by atoms with E-state index in [4.69, 9.17) is 11.1 Å².